The van der Waals surface area contributed by atoms with Crippen LogP contribution in [0.5, 0.6) is 0 Å². The number of nitrogens with zero attached hydrogens (tertiary/aromatic N) is 2. The Morgan fingerprint density at radius 2 is 2.05 bits per heavy atom. The van der Waals surface area contributed by atoms with Gasteiger partial charge in [0.25, 0.3) is 0 Å². The van der Waals surface area contributed by atoms with Gasteiger partial charge in [0.15, 0.2) is 0 Å². The summed E-state index contributed by atoms with van der Waals surface area (Å²) in [5.41, 5.74) is 0. The van der Waals surface area contributed by atoms with E-state index in [0.717, 1.165) is 38.9 Å². The molecule has 0 spiro atoms. The van der Waals surface area contributed by atoms with Gasteiger partial charge in [0.1, 0.15) is 0 Å². The SMILES string of the molecule is CCN(CC(=O)O)C1CC(NC(=O)N2CCC(C(C)C)C2)C1. The van der Waals surface area contributed by atoms with Gasteiger partial charge >= 0.3 is 12.0 Å². The molecule has 2 N–H and O–H groups in total. The molecule has 1 saturated carbocycles. The van der Waals surface area contributed by atoms with E-state index in [-0.39, 0.29) is 24.7 Å². The molecule has 1 aliphatic carbocycles. The second-order valence-corrected chi connectivity index (χ2v) is 6.97. The Bertz CT molecular complexity index is 407. The maximum absolute atomic E-state index is 12.2. The Hall–Kier alpha value is -1.30. The van der Waals surface area contributed by atoms with Gasteiger partial charge in [-0.05, 0) is 37.6 Å². The monoisotopic (exact) mass is 311 g/mol. The number of urea groups is 1. The van der Waals surface area contributed by atoms with Crippen LogP contribution in [0.4, 0.5) is 4.79 Å². The lowest BCUT2D eigenvalue weighted by Crippen LogP contribution is -2.56. The van der Waals surface area contributed by atoms with Crippen LogP contribution in [-0.2, 0) is 4.79 Å². The van der Waals surface area contributed by atoms with E-state index in [1.54, 1.807) is 0 Å². The summed E-state index contributed by atoms with van der Waals surface area (Å²) in [5, 5.41) is 12.0. The summed E-state index contributed by atoms with van der Waals surface area (Å²) in [6, 6.07) is 0.528. The number of rotatable bonds is 6. The van der Waals surface area contributed by atoms with Crippen molar-refractivity contribution < 1.29 is 14.7 Å². The Labute approximate surface area is 132 Å². The maximum Gasteiger partial charge on any atom is 0.317 e. The van der Waals surface area contributed by atoms with Crippen molar-refractivity contribution in [3.8, 4) is 0 Å². The van der Waals surface area contributed by atoms with Gasteiger partial charge in [-0.1, -0.05) is 20.8 Å². The summed E-state index contributed by atoms with van der Waals surface area (Å²) >= 11 is 0. The number of aliphatic carboxylic acids is 1. The Morgan fingerprint density at radius 1 is 1.36 bits per heavy atom. The number of nitrogens with one attached hydrogen (secondary N) is 1. The first kappa shape index (κ1) is 17.1. The second-order valence-electron chi connectivity index (χ2n) is 6.97. The van der Waals surface area contributed by atoms with Crippen molar-refractivity contribution in [2.75, 3.05) is 26.2 Å². The Morgan fingerprint density at radius 3 is 2.55 bits per heavy atom. The quantitative estimate of drug-likeness (QED) is 0.782. The van der Waals surface area contributed by atoms with Crippen LogP contribution >= 0.6 is 0 Å². The molecule has 6 heteroatoms. The number of carbonyl (C=O) groups excluding carboxylic acids is 1. The van der Waals surface area contributed by atoms with Crippen LogP contribution in [0, 0.1) is 11.8 Å². The highest BCUT2D eigenvalue weighted by molar-refractivity contribution is 5.75. The molecular formula is C16H29N3O3. The lowest BCUT2D eigenvalue weighted by molar-refractivity contribution is -0.139. The molecular weight excluding hydrogens is 282 g/mol. The molecule has 2 amide bonds. The molecule has 0 radical (unpaired) electrons. The van der Waals surface area contributed by atoms with Crippen LogP contribution in [-0.4, -0.2) is 65.2 Å². The average molecular weight is 311 g/mol. The van der Waals surface area contributed by atoms with Gasteiger partial charge in [0, 0.05) is 25.2 Å². The molecule has 0 bridgehead atoms. The number of likely N-dealkylation sites (N-methyl/N-ethyl adjacent to an activating group) is 1. The molecule has 2 fully saturated rings. The minimum absolute atomic E-state index is 0.0490. The van der Waals surface area contributed by atoms with Gasteiger partial charge in [-0.2, -0.15) is 0 Å². The molecule has 1 saturated heterocycles. The highest BCUT2D eigenvalue weighted by atomic mass is 16.4. The zero-order chi connectivity index (χ0) is 16.3. The van der Waals surface area contributed by atoms with Gasteiger partial charge in [0.05, 0.1) is 6.54 Å². The van der Waals surface area contributed by atoms with Gasteiger partial charge in [0.2, 0.25) is 0 Å². The van der Waals surface area contributed by atoms with Gasteiger partial charge < -0.3 is 15.3 Å². The minimum atomic E-state index is -0.786. The molecule has 1 unspecified atom stereocenters. The number of carboxylic acids is 1. The summed E-state index contributed by atoms with van der Waals surface area (Å²) in [6.07, 6.45) is 2.81. The number of hydrogen-bond donors (Lipinski definition) is 2. The third-order valence-corrected chi connectivity index (χ3v) is 5.16. The van der Waals surface area contributed by atoms with Crippen molar-refractivity contribution in [3.05, 3.63) is 0 Å². The fourth-order valence-corrected chi connectivity index (χ4v) is 3.46. The van der Waals surface area contributed by atoms with E-state index in [9.17, 15) is 9.59 Å². The van der Waals surface area contributed by atoms with Crippen LogP contribution in [0.3, 0.4) is 0 Å². The fourth-order valence-electron chi connectivity index (χ4n) is 3.46. The smallest absolute Gasteiger partial charge is 0.317 e. The van der Waals surface area contributed by atoms with Crippen LogP contribution < -0.4 is 5.32 Å². The highest BCUT2D eigenvalue weighted by Crippen LogP contribution is 2.27. The molecule has 1 aliphatic heterocycles. The highest BCUT2D eigenvalue weighted by Gasteiger charge is 2.36. The van der Waals surface area contributed by atoms with Crippen LogP contribution in [0.25, 0.3) is 0 Å². The van der Waals surface area contributed by atoms with E-state index in [4.69, 9.17) is 5.11 Å². The van der Waals surface area contributed by atoms with Crippen LogP contribution in [0.2, 0.25) is 0 Å². The van der Waals surface area contributed by atoms with E-state index < -0.39 is 5.97 Å². The van der Waals surface area contributed by atoms with Gasteiger partial charge in [-0.15, -0.1) is 0 Å². The van der Waals surface area contributed by atoms with Gasteiger partial charge in [-0.25, -0.2) is 4.79 Å². The van der Waals surface area contributed by atoms with Crippen LogP contribution in [0.1, 0.15) is 40.0 Å². The van der Waals surface area contributed by atoms with Crippen LogP contribution in [0.15, 0.2) is 0 Å². The first-order chi connectivity index (χ1) is 10.4. The predicted octanol–water partition coefficient (Wildman–Crippen LogP) is 1.61. The number of amides is 2. The molecule has 126 valence electrons. The topological polar surface area (TPSA) is 72.9 Å². The molecule has 0 aromatic heterocycles. The molecule has 22 heavy (non-hydrogen) atoms. The molecule has 1 heterocycles. The zero-order valence-electron chi connectivity index (χ0n) is 13.9. The van der Waals surface area contributed by atoms with E-state index in [0.29, 0.717) is 11.8 Å². The summed E-state index contributed by atoms with van der Waals surface area (Å²) in [5.74, 6) is 0.456. The summed E-state index contributed by atoms with van der Waals surface area (Å²) in [4.78, 5) is 27.0. The van der Waals surface area contributed by atoms with Crippen molar-refractivity contribution >= 4 is 12.0 Å². The van der Waals surface area contributed by atoms with Crippen molar-refractivity contribution in [2.45, 2.75) is 52.1 Å². The maximum atomic E-state index is 12.2. The Kier molecular flexibility index (Phi) is 5.67. The third kappa shape index (κ3) is 4.12. The van der Waals surface area contributed by atoms with Crippen molar-refractivity contribution in [3.63, 3.8) is 0 Å². The normalized spacial score (nSPS) is 28.0. The molecule has 1 atom stereocenters. The number of hydrogen-bond acceptors (Lipinski definition) is 3. The zero-order valence-corrected chi connectivity index (χ0v) is 13.9. The average Bonchev–Trinajstić information content (AvgIpc) is 2.89. The lowest BCUT2D eigenvalue weighted by Gasteiger charge is -2.42. The summed E-state index contributed by atoms with van der Waals surface area (Å²) < 4.78 is 0. The first-order valence-electron chi connectivity index (χ1n) is 8.42. The first-order valence-corrected chi connectivity index (χ1v) is 8.42. The predicted molar refractivity (Wildman–Crippen MR) is 84.7 cm³/mol. The molecule has 2 rings (SSSR count). The standard InChI is InChI=1S/C16H29N3O3/c1-4-18(10-15(20)21)14-7-13(8-14)17-16(22)19-6-5-12(9-19)11(2)3/h11-14H,4-10H2,1-3H3,(H,17,22)(H,20,21). The third-order valence-electron chi connectivity index (χ3n) is 5.16. The summed E-state index contributed by atoms with van der Waals surface area (Å²) in [6.45, 7) is 8.94. The molecule has 2 aliphatic rings. The molecule has 0 aromatic carbocycles. The largest absolute Gasteiger partial charge is 0.480 e. The second kappa shape index (κ2) is 7.31. The fraction of sp³-hybridized carbons (Fsp3) is 0.875. The Balaban J connectivity index is 1.71. The van der Waals surface area contributed by atoms with Gasteiger partial charge in [-0.3, -0.25) is 9.69 Å². The van der Waals surface area contributed by atoms with E-state index in [1.807, 2.05) is 16.7 Å². The van der Waals surface area contributed by atoms with Crippen molar-refractivity contribution in [1.29, 1.82) is 0 Å². The minimum Gasteiger partial charge on any atom is -0.480 e. The van der Waals surface area contributed by atoms with Crippen molar-refractivity contribution in [2.24, 2.45) is 11.8 Å². The summed E-state index contributed by atoms with van der Waals surface area (Å²) in [7, 11) is 0. The molecule has 6 nitrogen and oxygen atoms in total. The van der Waals surface area contributed by atoms with Crippen molar-refractivity contribution in [1.82, 2.24) is 15.1 Å². The number of carbonyl (C=O) groups is 2. The lowest BCUT2D eigenvalue weighted by atomic mass is 9.85. The van der Waals surface area contributed by atoms with E-state index in [1.165, 1.54) is 0 Å². The van der Waals surface area contributed by atoms with E-state index in [2.05, 4.69) is 19.2 Å². The number of carboxylic acid groups (broad SMARTS) is 1. The number of likely N-dealkylation sites (tertiary alicyclic amines) is 1. The van der Waals surface area contributed by atoms with E-state index >= 15 is 0 Å². The molecule has 0 aromatic rings.